The maximum absolute atomic E-state index is 11.1. The molecule has 0 radical (unpaired) electrons. The number of rotatable bonds is 2. The normalized spacial score (nSPS) is 21.7. The molecular formula is C8H11NO3. The molecule has 0 amide bonds. The molecule has 66 valence electrons. The second-order valence-electron chi connectivity index (χ2n) is 2.47. The van der Waals surface area contributed by atoms with Crippen LogP contribution in [0, 0.1) is 0 Å². The van der Waals surface area contributed by atoms with Gasteiger partial charge in [-0.25, -0.2) is 4.79 Å². The van der Waals surface area contributed by atoms with Crippen LogP contribution in [-0.2, 0) is 9.53 Å². The lowest BCUT2D eigenvalue weighted by atomic mass is 10.2. The molecule has 1 N–H and O–H groups in total. The quantitative estimate of drug-likeness (QED) is 0.623. The molecule has 0 aliphatic carbocycles. The molecule has 4 heteroatoms. The van der Waals surface area contributed by atoms with Crippen molar-refractivity contribution in [2.45, 2.75) is 19.9 Å². The molecule has 0 aromatic heterocycles. The summed E-state index contributed by atoms with van der Waals surface area (Å²) in [5.74, 6) is -0.517. The first-order valence-corrected chi connectivity index (χ1v) is 3.80. The van der Waals surface area contributed by atoms with E-state index in [0.717, 1.165) is 0 Å². The molecule has 1 rings (SSSR count). The summed E-state index contributed by atoms with van der Waals surface area (Å²) < 4.78 is 4.70. The van der Waals surface area contributed by atoms with Gasteiger partial charge in [0.1, 0.15) is 17.4 Å². The lowest BCUT2D eigenvalue weighted by molar-refractivity contribution is -0.138. The van der Waals surface area contributed by atoms with Crippen molar-refractivity contribution in [2.24, 2.45) is 4.99 Å². The number of carbonyl (C=O) groups is 1. The monoisotopic (exact) mass is 169 g/mol. The summed E-state index contributed by atoms with van der Waals surface area (Å²) in [6.07, 6.45) is 1.35. The molecule has 4 nitrogen and oxygen atoms in total. The van der Waals surface area contributed by atoms with Gasteiger partial charge in [0.05, 0.1) is 6.61 Å². The van der Waals surface area contributed by atoms with E-state index in [1.165, 1.54) is 6.21 Å². The average molecular weight is 169 g/mol. The predicted octanol–water partition coefficient (Wildman–Crippen LogP) is 0.835. The first-order valence-electron chi connectivity index (χ1n) is 3.80. The fraction of sp³-hybridized carbons (Fsp3) is 0.500. The van der Waals surface area contributed by atoms with E-state index in [2.05, 4.69) is 4.99 Å². The summed E-state index contributed by atoms with van der Waals surface area (Å²) in [6.45, 7) is 3.72. The van der Waals surface area contributed by atoms with Crippen LogP contribution in [0.2, 0.25) is 0 Å². The molecule has 1 unspecified atom stereocenters. The molecule has 0 saturated carbocycles. The number of hydrogen-bond acceptors (Lipinski definition) is 4. The van der Waals surface area contributed by atoms with Gasteiger partial charge in [-0.3, -0.25) is 4.99 Å². The fourth-order valence-corrected chi connectivity index (χ4v) is 0.914. The zero-order valence-corrected chi connectivity index (χ0v) is 7.07. The van der Waals surface area contributed by atoms with E-state index in [4.69, 9.17) is 4.74 Å². The highest BCUT2D eigenvalue weighted by atomic mass is 16.5. The smallest absolute Gasteiger partial charge is 0.343 e. The first kappa shape index (κ1) is 8.77. The summed E-state index contributed by atoms with van der Waals surface area (Å²) >= 11 is 0. The van der Waals surface area contributed by atoms with Gasteiger partial charge in [0.15, 0.2) is 0 Å². The summed E-state index contributed by atoms with van der Waals surface area (Å²) in [4.78, 5) is 14.9. The van der Waals surface area contributed by atoms with E-state index in [9.17, 15) is 9.90 Å². The van der Waals surface area contributed by atoms with Gasteiger partial charge in [-0.1, -0.05) is 0 Å². The third-order valence-corrected chi connectivity index (χ3v) is 1.59. The molecule has 0 bridgehead atoms. The van der Waals surface area contributed by atoms with E-state index in [1.54, 1.807) is 13.8 Å². The number of esters is 1. The van der Waals surface area contributed by atoms with Crippen LogP contribution >= 0.6 is 0 Å². The van der Waals surface area contributed by atoms with Crippen LogP contribution in [0.5, 0.6) is 0 Å². The largest absolute Gasteiger partial charge is 0.509 e. The summed E-state index contributed by atoms with van der Waals surface area (Å²) in [5.41, 5.74) is 0.171. The zero-order valence-electron chi connectivity index (χ0n) is 7.07. The molecule has 12 heavy (non-hydrogen) atoms. The molecule has 0 aromatic rings. The van der Waals surface area contributed by atoms with Crippen molar-refractivity contribution in [3.63, 3.8) is 0 Å². The molecule has 1 heterocycles. The van der Waals surface area contributed by atoms with Gasteiger partial charge in [-0.15, -0.1) is 0 Å². The van der Waals surface area contributed by atoms with E-state index in [1.807, 2.05) is 0 Å². The maximum Gasteiger partial charge on any atom is 0.343 e. The van der Waals surface area contributed by atoms with Crippen LogP contribution < -0.4 is 0 Å². The SMILES string of the molecule is CCOC(=O)C1=C(O)C(C)N=C1. The minimum absolute atomic E-state index is 0.00606. The Morgan fingerprint density at radius 2 is 2.50 bits per heavy atom. The average Bonchev–Trinajstić information content (AvgIpc) is 2.34. The third-order valence-electron chi connectivity index (χ3n) is 1.59. The van der Waals surface area contributed by atoms with E-state index in [0.29, 0.717) is 6.61 Å². The van der Waals surface area contributed by atoms with E-state index < -0.39 is 5.97 Å². The van der Waals surface area contributed by atoms with Gasteiger partial charge in [0.2, 0.25) is 0 Å². The first-order chi connectivity index (χ1) is 5.66. The Morgan fingerprint density at radius 3 is 2.92 bits per heavy atom. The topological polar surface area (TPSA) is 58.9 Å². The second kappa shape index (κ2) is 3.38. The molecule has 0 saturated heterocycles. The number of aliphatic hydroxyl groups excluding tert-OH is 1. The number of hydrogen-bond donors (Lipinski definition) is 1. The second-order valence-corrected chi connectivity index (χ2v) is 2.47. The number of aliphatic hydroxyl groups is 1. The lowest BCUT2D eigenvalue weighted by Crippen LogP contribution is -2.10. The molecule has 0 spiro atoms. The number of nitrogens with zero attached hydrogens (tertiary/aromatic N) is 1. The number of carbonyl (C=O) groups excluding carboxylic acids is 1. The van der Waals surface area contributed by atoms with Crippen molar-refractivity contribution in [2.75, 3.05) is 6.61 Å². The third kappa shape index (κ3) is 1.47. The highest BCUT2D eigenvalue weighted by Gasteiger charge is 2.23. The molecule has 1 aliphatic heterocycles. The van der Waals surface area contributed by atoms with Gasteiger partial charge >= 0.3 is 5.97 Å². The van der Waals surface area contributed by atoms with Crippen molar-refractivity contribution < 1.29 is 14.6 Å². The standard InChI is InChI=1S/C8H11NO3/c1-3-12-8(11)6-4-9-5(2)7(6)10/h4-5,10H,3H2,1-2H3. The van der Waals surface area contributed by atoms with Gasteiger partial charge in [0.25, 0.3) is 0 Å². The van der Waals surface area contributed by atoms with Crippen molar-refractivity contribution in [3.8, 4) is 0 Å². The Morgan fingerprint density at radius 1 is 1.83 bits per heavy atom. The van der Waals surface area contributed by atoms with Crippen LogP contribution in [0.15, 0.2) is 16.3 Å². The Kier molecular flexibility index (Phi) is 2.47. The summed E-state index contributed by atoms with van der Waals surface area (Å²) in [6, 6.07) is -0.315. The van der Waals surface area contributed by atoms with Crippen LogP contribution in [-0.4, -0.2) is 29.9 Å². The van der Waals surface area contributed by atoms with Crippen LogP contribution in [0.3, 0.4) is 0 Å². The summed E-state index contributed by atoms with van der Waals surface area (Å²) in [5, 5.41) is 9.31. The minimum Gasteiger partial charge on any atom is -0.509 e. The molecule has 1 aliphatic rings. The van der Waals surface area contributed by atoms with Crippen molar-refractivity contribution in [3.05, 3.63) is 11.3 Å². The Labute approximate surface area is 70.6 Å². The predicted molar refractivity (Wildman–Crippen MR) is 44.2 cm³/mol. The van der Waals surface area contributed by atoms with E-state index in [-0.39, 0.29) is 17.4 Å². The zero-order chi connectivity index (χ0) is 9.14. The molecule has 1 atom stereocenters. The van der Waals surface area contributed by atoms with Crippen molar-refractivity contribution in [1.29, 1.82) is 0 Å². The number of ether oxygens (including phenoxy) is 1. The molecular weight excluding hydrogens is 158 g/mol. The summed E-state index contributed by atoms with van der Waals surface area (Å²) in [7, 11) is 0. The highest BCUT2D eigenvalue weighted by molar-refractivity contribution is 6.11. The minimum atomic E-state index is -0.511. The maximum atomic E-state index is 11.1. The Balaban J connectivity index is 2.75. The van der Waals surface area contributed by atoms with Crippen LogP contribution in [0.4, 0.5) is 0 Å². The van der Waals surface area contributed by atoms with Gasteiger partial charge in [-0.05, 0) is 13.8 Å². The van der Waals surface area contributed by atoms with Crippen molar-refractivity contribution >= 4 is 12.2 Å². The van der Waals surface area contributed by atoms with E-state index >= 15 is 0 Å². The van der Waals surface area contributed by atoms with Crippen molar-refractivity contribution in [1.82, 2.24) is 0 Å². The molecule has 0 aromatic carbocycles. The highest BCUT2D eigenvalue weighted by Crippen LogP contribution is 2.15. The van der Waals surface area contributed by atoms with Crippen LogP contribution in [0.1, 0.15) is 13.8 Å². The fourth-order valence-electron chi connectivity index (χ4n) is 0.914. The lowest BCUT2D eigenvalue weighted by Gasteiger charge is -2.01. The van der Waals surface area contributed by atoms with Gasteiger partial charge < -0.3 is 9.84 Å². The Bertz CT molecular complexity index is 255. The molecule has 0 fully saturated rings. The van der Waals surface area contributed by atoms with Crippen LogP contribution in [0.25, 0.3) is 0 Å². The van der Waals surface area contributed by atoms with Gasteiger partial charge in [-0.2, -0.15) is 0 Å². The Hall–Kier alpha value is -1.32. The van der Waals surface area contributed by atoms with Gasteiger partial charge in [0, 0.05) is 6.21 Å². The number of aliphatic imine (C=N–C) groups is 1.